The molecule has 0 atom stereocenters. The molecular weight excluding hydrogens is 277 g/mol. The monoisotopic (exact) mass is 283 g/mol. The second-order valence-electron chi connectivity index (χ2n) is 2.93. The molecule has 5 heteroatoms. The molecular formula is C10H7BrClN3. The van der Waals surface area contributed by atoms with Gasteiger partial charge in [-0.1, -0.05) is 11.6 Å². The maximum absolute atomic E-state index is 5.84. The van der Waals surface area contributed by atoms with Crippen LogP contribution in [0.5, 0.6) is 0 Å². The van der Waals surface area contributed by atoms with Gasteiger partial charge in [-0.3, -0.25) is 0 Å². The third kappa shape index (κ3) is 2.27. The Morgan fingerprint density at radius 2 is 2.07 bits per heavy atom. The van der Waals surface area contributed by atoms with Crippen LogP contribution in [0.3, 0.4) is 0 Å². The highest BCUT2D eigenvalue weighted by molar-refractivity contribution is 9.10. The van der Waals surface area contributed by atoms with Crippen molar-refractivity contribution in [1.82, 2.24) is 9.97 Å². The van der Waals surface area contributed by atoms with E-state index in [2.05, 4.69) is 25.9 Å². The average Bonchev–Trinajstić information content (AvgIpc) is 2.17. The minimum absolute atomic E-state index is 0.446. The lowest BCUT2D eigenvalue weighted by molar-refractivity contribution is 1.18. The molecule has 0 aliphatic rings. The molecule has 1 heterocycles. The van der Waals surface area contributed by atoms with Crippen LogP contribution in [0.2, 0.25) is 5.02 Å². The molecule has 0 aliphatic carbocycles. The number of hydrogen-bond acceptors (Lipinski definition) is 3. The fourth-order valence-corrected chi connectivity index (χ4v) is 2.03. The van der Waals surface area contributed by atoms with Crippen LogP contribution in [-0.4, -0.2) is 9.97 Å². The molecule has 0 aliphatic heterocycles. The maximum Gasteiger partial charge on any atom is 0.162 e. The highest BCUT2D eigenvalue weighted by atomic mass is 79.9. The Morgan fingerprint density at radius 1 is 1.27 bits per heavy atom. The van der Waals surface area contributed by atoms with Gasteiger partial charge in [0.2, 0.25) is 0 Å². The molecule has 0 amide bonds. The Balaban J connectivity index is 2.54. The summed E-state index contributed by atoms with van der Waals surface area (Å²) >= 11 is 9.24. The Bertz CT molecular complexity index is 502. The predicted octanol–water partition coefficient (Wildman–Crippen LogP) is 3.14. The van der Waals surface area contributed by atoms with Crippen molar-refractivity contribution in [3.05, 3.63) is 40.0 Å². The van der Waals surface area contributed by atoms with Crippen LogP contribution in [0.25, 0.3) is 11.4 Å². The normalized spacial score (nSPS) is 10.3. The summed E-state index contributed by atoms with van der Waals surface area (Å²) in [6.45, 7) is 0. The first-order valence-corrected chi connectivity index (χ1v) is 5.38. The van der Waals surface area contributed by atoms with Gasteiger partial charge in [0.05, 0.1) is 0 Å². The van der Waals surface area contributed by atoms with Gasteiger partial charge in [0, 0.05) is 21.3 Å². The maximum atomic E-state index is 5.84. The summed E-state index contributed by atoms with van der Waals surface area (Å²) in [5.74, 6) is 1.03. The second-order valence-corrected chi connectivity index (χ2v) is 4.22. The topological polar surface area (TPSA) is 51.8 Å². The molecule has 1 aromatic carbocycles. The van der Waals surface area contributed by atoms with Crippen LogP contribution in [0.1, 0.15) is 0 Å². The highest BCUT2D eigenvalue weighted by Crippen LogP contribution is 2.28. The molecule has 0 saturated heterocycles. The highest BCUT2D eigenvalue weighted by Gasteiger charge is 2.06. The van der Waals surface area contributed by atoms with Crippen LogP contribution in [0, 0.1) is 0 Å². The van der Waals surface area contributed by atoms with Gasteiger partial charge in [-0.2, -0.15) is 0 Å². The van der Waals surface area contributed by atoms with E-state index >= 15 is 0 Å². The third-order valence-electron chi connectivity index (χ3n) is 1.85. The quantitative estimate of drug-likeness (QED) is 0.875. The van der Waals surface area contributed by atoms with Crippen molar-refractivity contribution in [2.45, 2.75) is 0 Å². The van der Waals surface area contributed by atoms with Gasteiger partial charge in [-0.15, -0.1) is 0 Å². The molecule has 0 bridgehead atoms. The predicted molar refractivity (Wildman–Crippen MR) is 64.6 cm³/mol. The standard InChI is InChI=1S/C10H7BrClN3/c11-8-5-6(12)1-2-7(8)10-14-4-3-9(13)15-10/h1-5H,(H2,13,14,15). The average molecular weight is 285 g/mol. The van der Waals surface area contributed by atoms with Gasteiger partial charge >= 0.3 is 0 Å². The first-order valence-electron chi connectivity index (χ1n) is 4.21. The smallest absolute Gasteiger partial charge is 0.162 e. The van der Waals surface area contributed by atoms with E-state index in [0.717, 1.165) is 10.0 Å². The van der Waals surface area contributed by atoms with Crippen molar-refractivity contribution in [2.75, 3.05) is 5.73 Å². The fourth-order valence-electron chi connectivity index (χ4n) is 1.17. The minimum atomic E-state index is 0.446. The molecule has 76 valence electrons. The lowest BCUT2D eigenvalue weighted by atomic mass is 10.2. The van der Waals surface area contributed by atoms with E-state index in [9.17, 15) is 0 Å². The Hall–Kier alpha value is -1.13. The zero-order chi connectivity index (χ0) is 10.8. The molecule has 1 aromatic heterocycles. The number of nitrogen functional groups attached to an aromatic ring is 1. The first-order chi connectivity index (χ1) is 7.16. The van der Waals surface area contributed by atoms with Crippen LogP contribution in [-0.2, 0) is 0 Å². The van der Waals surface area contributed by atoms with E-state index in [1.807, 2.05) is 6.07 Å². The van der Waals surface area contributed by atoms with Gasteiger partial charge in [-0.25, -0.2) is 9.97 Å². The number of halogens is 2. The van der Waals surface area contributed by atoms with Crippen molar-refractivity contribution in [1.29, 1.82) is 0 Å². The molecule has 2 aromatic rings. The number of nitrogens with two attached hydrogens (primary N) is 1. The van der Waals surface area contributed by atoms with Crippen LogP contribution in [0.4, 0.5) is 5.82 Å². The van der Waals surface area contributed by atoms with Crippen molar-refractivity contribution in [2.24, 2.45) is 0 Å². The van der Waals surface area contributed by atoms with Crippen molar-refractivity contribution >= 4 is 33.3 Å². The number of nitrogens with zero attached hydrogens (tertiary/aromatic N) is 2. The van der Waals surface area contributed by atoms with E-state index < -0.39 is 0 Å². The molecule has 0 unspecified atom stereocenters. The number of hydrogen-bond donors (Lipinski definition) is 1. The number of anilines is 1. The lowest BCUT2D eigenvalue weighted by Crippen LogP contribution is -1.94. The van der Waals surface area contributed by atoms with Gasteiger partial charge in [0.1, 0.15) is 5.82 Å². The number of benzene rings is 1. The van der Waals surface area contributed by atoms with E-state index in [-0.39, 0.29) is 0 Å². The minimum Gasteiger partial charge on any atom is -0.384 e. The van der Waals surface area contributed by atoms with Crippen molar-refractivity contribution in [3.63, 3.8) is 0 Å². The molecule has 0 saturated carbocycles. The van der Waals surface area contributed by atoms with Gasteiger partial charge < -0.3 is 5.73 Å². The van der Waals surface area contributed by atoms with Gasteiger partial charge in [-0.05, 0) is 40.2 Å². The largest absolute Gasteiger partial charge is 0.384 e. The third-order valence-corrected chi connectivity index (χ3v) is 2.74. The van der Waals surface area contributed by atoms with E-state index in [4.69, 9.17) is 17.3 Å². The molecule has 2 rings (SSSR count). The summed E-state index contributed by atoms with van der Waals surface area (Å²) in [6, 6.07) is 7.08. The van der Waals surface area contributed by atoms with Gasteiger partial charge in [0.25, 0.3) is 0 Å². The number of aromatic nitrogens is 2. The SMILES string of the molecule is Nc1ccnc(-c2ccc(Cl)cc2Br)n1. The fraction of sp³-hybridized carbons (Fsp3) is 0. The summed E-state index contributed by atoms with van der Waals surface area (Å²) < 4.78 is 0.848. The molecule has 15 heavy (non-hydrogen) atoms. The molecule has 0 radical (unpaired) electrons. The molecule has 0 spiro atoms. The molecule has 3 nitrogen and oxygen atoms in total. The van der Waals surface area contributed by atoms with E-state index in [1.54, 1.807) is 24.4 Å². The summed E-state index contributed by atoms with van der Waals surface area (Å²) in [5.41, 5.74) is 6.45. The zero-order valence-electron chi connectivity index (χ0n) is 7.61. The summed E-state index contributed by atoms with van der Waals surface area (Å²) in [5, 5.41) is 0.662. The Kier molecular flexibility index (Phi) is 2.88. The first kappa shape index (κ1) is 10.4. The second kappa shape index (κ2) is 4.16. The van der Waals surface area contributed by atoms with Crippen LogP contribution < -0.4 is 5.73 Å². The van der Waals surface area contributed by atoms with Gasteiger partial charge in [0.15, 0.2) is 5.82 Å². The van der Waals surface area contributed by atoms with Crippen LogP contribution in [0.15, 0.2) is 34.9 Å². The molecule has 0 fully saturated rings. The zero-order valence-corrected chi connectivity index (χ0v) is 9.96. The lowest BCUT2D eigenvalue weighted by Gasteiger charge is -2.03. The summed E-state index contributed by atoms with van der Waals surface area (Å²) in [6.07, 6.45) is 1.62. The van der Waals surface area contributed by atoms with E-state index in [1.165, 1.54) is 0 Å². The van der Waals surface area contributed by atoms with Crippen LogP contribution >= 0.6 is 27.5 Å². The Morgan fingerprint density at radius 3 is 2.73 bits per heavy atom. The van der Waals surface area contributed by atoms with E-state index in [0.29, 0.717) is 16.7 Å². The molecule has 2 N–H and O–H groups in total. The Labute approximate surface area is 100 Å². The summed E-state index contributed by atoms with van der Waals surface area (Å²) in [4.78, 5) is 8.26. The summed E-state index contributed by atoms with van der Waals surface area (Å²) in [7, 11) is 0. The van der Waals surface area contributed by atoms with Crippen molar-refractivity contribution in [3.8, 4) is 11.4 Å². The number of rotatable bonds is 1. The van der Waals surface area contributed by atoms with Crippen molar-refractivity contribution < 1.29 is 0 Å².